The number of hydrogen-bond acceptors (Lipinski definition) is 3. The van der Waals surface area contributed by atoms with Crippen molar-refractivity contribution in [1.82, 2.24) is 15.5 Å². The van der Waals surface area contributed by atoms with Crippen LogP contribution in [0.3, 0.4) is 0 Å². The summed E-state index contributed by atoms with van der Waals surface area (Å²) < 4.78 is 39.4. The number of carbonyl (C=O) groups is 2. The predicted octanol–water partition coefficient (Wildman–Crippen LogP) is -0.513. The number of hydrogen-bond donors (Lipinski definition) is 2. The van der Waals surface area contributed by atoms with Crippen LogP contribution in [0.4, 0.5) is 13.2 Å². The third-order valence-corrected chi connectivity index (χ3v) is 3.43. The third-order valence-electron chi connectivity index (χ3n) is 3.43. The molecule has 0 aliphatic carbocycles. The van der Waals surface area contributed by atoms with E-state index < -0.39 is 30.0 Å². The summed E-state index contributed by atoms with van der Waals surface area (Å²) in [5, 5.41) is 5.06. The van der Waals surface area contributed by atoms with E-state index in [1.165, 1.54) is 0 Å². The van der Waals surface area contributed by atoms with Crippen LogP contribution in [0.25, 0.3) is 0 Å². The zero-order valence-corrected chi connectivity index (χ0v) is 9.64. The summed E-state index contributed by atoms with van der Waals surface area (Å²) in [6, 6.07) is 0. The second kappa shape index (κ2) is 4.42. The molecule has 8 heteroatoms. The van der Waals surface area contributed by atoms with Crippen LogP contribution < -0.4 is 10.6 Å². The van der Waals surface area contributed by atoms with Gasteiger partial charge < -0.3 is 15.5 Å². The summed E-state index contributed by atoms with van der Waals surface area (Å²) in [5.41, 5.74) is -2.37. The van der Waals surface area contributed by atoms with Gasteiger partial charge in [0, 0.05) is 19.6 Å². The molecule has 102 valence electrons. The lowest BCUT2D eigenvalue weighted by Crippen LogP contribution is -2.58. The second-order valence-corrected chi connectivity index (χ2v) is 4.58. The van der Waals surface area contributed by atoms with E-state index in [1.807, 2.05) is 0 Å². The van der Waals surface area contributed by atoms with Crippen LogP contribution in [-0.4, -0.2) is 55.6 Å². The van der Waals surface area contributed by atoms with Crippen LogP contribution in [0.1, 0.15) is 6.42 Å². The van der Waals surface area contributed by atoms with Gasteiger partial charge in [0.2, 0.25) is 11.8 Å². The first kappa shape index (κ1) is 13.1. The fraction of sp³-hybridized carbons (Fsp3) is 0.800. The van der Waals surface area contributed by atoms with Crippen molar-refractivity contribution >= 4 is 11.8 Å². The van der Waals surface area contributed by atoms with Gasteiger partial charge in [0.15, 0.2) is 5.41 Å². The minimum absolute atomic E-state index is 0.127. The average molecular weight is 265 g/mol. The Morgan fingerprint density at radius 3 is 2.56 bits per heavy atom. The van der Waals surface area contributed by atoms with Gasteiger partial charge in [-0.1, -0.05) is 0 Å². The molecule has 0 aromatic rings. The van der Waals surface area contributed by atoms with Crippen molar-refractivity contribution in [1.29, 1.82) is 0 Å². The van der Waals surface area contributed by atoms with Gasteiger partial charge in [0.05, 0.1) is 6.54 Å². The van der Waals surface area contributed by atoms with E-state index in [9.17, 15) is 22.8 Å². The molecule has 5 nitrogen and oxygen atoms in total. The standard InChI is InChI=1S/C10H14F3N3O2/c11-10(12,13)9(1-2-14-6-9)8(18)16-4-3-15-7(17)5-16/h14H,1-6H2,(H,15,17). The van der Waals surface area contributed by atoms with Crippen LogP contribution >= 0.6 is 0 Å². The molecule has 0 saturated carbocycles. The zero-order valence-electron chi connectivity index (χ0n) is 9.64. The molecule has 2 heterocycles. The Kier molecular flexibility index (Phi) is 3.22. The van der Waals surface area contributed by atoms with Gasteiger partial charge in [-0.2, -0.15) is 13.2 Å². The quantitative estimate of drug-likeness (QED) is 0.671. The summed E-state index contributed by atoms with van der Waals surface area (Å²) >= 11 is 0. The van der Waals surface area contributed by atoms with E-state index in [-0.39, 0.29) is 32.6 Å². The van der Waals surface area contributed by atoms with Crippen LogP contribution in [0.2, 0.25) is 0 Å². The van der Waals surface area contributed by atoms with Crippen molar-refractivity contribution in [3.8, 4) is 0 Å². The largest absolute Gasteiger partial charge is 0.404 e. The maximum atomic E-state index is 13.1. The highest BCUT2D eigenvalue weighted by Gasteiger charge is 2.62. The van der Waals surface area contributed by atoms with Crippen molar-refractivity contribution in [2.75, 3.05) is 32.7 Å². The molecular formula is C10H14F3N3O2. The minimum Gasteiger partial charge on any atom is -0.353 e. The number of nitrogens with one attached hydrogen (secondary N) is 2. The van der Waals surface area contributed by atoms with Gasteiger partial charge in [-0.15, -0.1) is 0 Å². The van der Waals surface area contributed by atoms with Crippen molar-refractivity contribution in [2.45, 2.75) is 12.6 Å². The van der Waals surface area contributed by atoms with Crippen LogP contribution in [0, 0.1) is 5.41 Å². The van der Waals surface area contributed by atoms with E-state index in [0.717, 1.165) is 4.90 Å². The number of rotatable bonds is 1. The van der Waals surface area contributed by atoms with E-state index in [1.54, 1.807) is 0 Å². The van der Waals surface area contributed by atoms with Crippen molar-refractivity contribution in [2.24, 2.45) is 5.41 Å². The molecule has 2 aliphatic heterocycles. The smallest absolute Gasteiger partial charge is 0.353 e. The Hall–Kier alpha value is -1.31. The number of carbonyl (C=O) groups excluding carboxylic acids is 2. The predicted molar refractivity (Wildman–Crippen MR) is 55.6 cm³/mol. The molecule has 2 amide bonds. The first-order valence-corrected chi connectivity index (χ1v) is 5.70. The Balaban J connectivity index is 2.21. The van der Waals surface area contributed by atoms with Gasteiger partial charge >= 0.3 is 6.18 Å². The molecule has 0 spiro atoms. The molecule has 0 aromatic carbocycles. The molecule has 1 atom stereocenters. The number of piperazine rings is 1. The highest BCUT2D eigenvalue weighted by Crippen LogP contribution is 2.44. The van der Waals surface area contributed by atoms with Crippen molar-refractivity contribution < 1.29 is 22.8 Å². The molecule has 0 bridgehead atoms. The monoisotopic (exact) mass is 265 g/mol. The van der Waals surface area contributed by atoms with E-state index in [2.05, 4.69) is 10.6 Å². The lowest BCUT2D eigenvalue weighted by molar-refractivity contribution is -0.222. The summed E-state index contributed by atoms with van der Waals surface area (Å²) in [4.78, 5) is 24.2. The lowest BCUT2D eigenvalue weighted by Gasteiger charge is -2.36. The third kappa shape index (κ3) is 2.05. The Morgan fingerprint density at radius 2 is 2.06 bits per heavy atom. The van der Waals surface area contributed by atoms with Crippen molar-refractivity contribution in [3.63, 3.8) is 0 Å². The highest BCUT2D eigenvalue weighted by molar-refractivity contribution is 5.89. The van der Waals surface area contributed by atoms with Crippen molar-refractivity contribution in [3.05, 3.63) is 0 Å². The Bertz CT molecular complexity index is 364. The lowest BCUT2D eigenvalue weighted by atomic mass is 9.84. The van der Waals surface area contributed by atoms with E-state index in [4.69, 9.17) is 0 Å². The van der Waals surface area contributed by atoms with E-state index in [0.29, 0.717) is 0 Å². The number of amides is 2. The fourth-order valence-corrected chi connectivity index (χ4v) is 2.35. The molecule has 2 N–H and O–H groups in total. The normalized spacial score (nSPS) is 29.3. The first-order chi connectivity index (χ1) is 8.37. The molecular weight excluding hydrogens is 251 g/mol. The first-order valence-electron chi connectivity index (χ1n) is 5.70. The molecule has 1 unspecified atom stereocenters. The Morgan fingerprint density at radius 1 is 1.33 bits per heavy atom. The molecule has 2 rings (SSSR count). The van der Waals surface area contributed by atoms with Crippen LogP contribution in [0.5, 0.6) is 0 Å². The number of nitrogens with zero attached hydrogens (tertiary/aromatic N) is 1. The van der Waals surface area contributed by atoms with Gasteiger partial charge in [-0.05, 0) is 13.0 Å². The number of alkyl halides is 3. The highest BCUT2D eigenvalue weighted by atomic mass is 19.4. The van der Waals surface area contributed by atoms with Gasteiger partial charge in [-0.3, -0.25) is 9.59 Å². The fourth-order valence-electron chi connectivity index (χ4n) is 2.35. The summed E-state index contributed by atoms with van der Waals surface area (Å²) in [6.45, 7) is -0.219. The molecule has 18 heavy (non-hydrogen) atoms. The maximum Gasteiger partial charge on any atom is 0.404 e. The summed E-state index contributed by atoms with van der Waals surface area (Å²) in [5.74, 6) is -1.41. The second-order valence-electron chi connectivity index (χ2n) is 4.58. The SMILES string of the molecule is O=C1CN(C(=O)C2(C(F)(F)F)CCNC2)CCN1. The van der Waals surface area contributed by atoms with E-state index >= 15 is 0 Å². The van der Waals surface area contributed by atoms with Gasteiger partial charge in [-0.25, -0.2) is 0 Å². The average Bonchev–Trinajstić information content (AvgIpc) is 2.77. The van der Waals surface area contributed by atoms with Crippen LogP contribution in [-0.2, 0) is 9.59 Å². The summed E-state index contributed by atoms with van der Waals surface area (Å²) in [6.07, 6.45) is -4.87. The van der Waals surface area contributed by atoms with Gasteiger partial charge in [0.25, 0.3) is 0 Å². The number of halogens is 3. The molecule has 0 radical (unpaired) electrons. The van der Waals surface area contributed by atoms with Gasteiger partial charge in [0.1, 0.15) is 0 Å². The summed E-state index contributed by atoms with van der Waals surface area (Å²) in [7, 11) is 0. The van der Waals surface area contributed by atoms with Crippen LogP contribution in [0.15, 0.2) is 0 Å². The maximum absolute atomic E-state index is 13.1. The molecule has 2 aliphatic rings. The molecule has 2 saturated heterocycles. The topological polar surface area (TPSA) is 61.4 Å². The molecule has 2 fully saturated rings. The minimum atomic E-state index is -4.60. The Labute approximate surface area is 102 Å². The molecule has 0 aromatic heterocycles. The zero-order chi connectivity index (χ0) is 13.4.